The van der Waals surface area contributed by atoms with E-state index in [9.17, 15) is 4.79 Å². The van der Waals surface area contributed by atoms with E-state index in [2.05, 4.69) is 28.2 Å². The van der Waals surface area contributed by atoms with Gasteiger partial charge in [0.1, 0.15) is 0 Å². The van der Waals surface area contributed by atoms with Crippen molar-refractivity contribution in [1.82, 2.24) is 5.32 Å². The molecule has 1 saturated heterocycles. The third-order valence-electron chi connectivity index (χ3n) is 3.59. The first-order chi connectivity index (χ1) is 9.08. The van der Waals surface area contributed by atoms with E-state index in [1.54, 1.807) is 12.1 Å². The molecule has 4 nitrogen and oxygen atoms in total. The quantitative estimate of drug-likeness (QED) is 0.872. The van der Waals surface area contributed by atoms with Crippen molar-refractivity contribution in [3.05, 3.63) is 33.8 Å². The second kappa shape index (κ2) is 6.50. The van der Waals surface area contributed by atoms with E-state index in [-0.39, 0.29) is 0 Å². The number of aromatic carboxylic acids is 1. The molecule has 0 amide bonds. The standard InChI is InChI=1S/C14H18BrNO3/c1-9(12-4-5-19-8-12)16-7-11-3-2-10(14(17)18)6-13(11)15/h2-3,6,9,12,16H,4-5,7-8H2,1H3,(H,17,18). The monoisotopic (exact) mass is 327 g/mol. The molecule has 2 unspecified atom stereocenters. The fraction of sp³-hybridized carbons (Fsp3) is 0.500. The Morgan fingerprint density at radius 2 is 2.42 bits per heavy atom. The van der Waals surface area contributed by atoms with Crippen molar-refractivity contribution in [2.45, 2.75) is 25.9 Å². The van der Waals surface area contributed by atoms with Gasteiger partial charge in [0, 0.05) is 23.7 Å². The summed E-state index contributed by atoms with van der Waals surface area (Å²) < 4.78 is 6.21. The van der Waals surface area contributed by atoms with Gasteiger partial charge >= 0.3 is 5.97 Å². The fourth-order valence-electron chi connectivity index (χ4n) is 2.21. The van der Waals surface area contributed by atoms with E-state index >= 15 is 0 Å². The molecule has 0 radical (unpaired) electrons. The zero-order valence-corrected chi connectivity index (χ0v) is 12.4. The highest BCUT2D eigenvalue weighted by molar-refractivity contribution is 9.10. The van der Waals surface area contributed by atoms with Crippen molar-refractivity contribution in [2.24, 2.45) is 5.92 Å². The predicted molar refractivity (Wildman–Crippen MR) is 76.3 cm³/mol. The summed E-state index contributed by atoms with van der Waals surface area (Å²) in [5.74, 6) is -0.339. The Kier molecular flexibility index (Phi) is 4.96. The molecular formula is C14H18BrNO3. The molecule has 1 heterocycles. The molecule has 1 aliphatic heterocycles. The molecule has 1 aromatic carbocycles. The number of carbonyl (C=O) groups is 1. The van der Waals surface area contributed by atoms with E-state index in [1.807, 2.05) is 6.07 Å². The number of rotatable bonds is 5. The van der Waals surface area contributed by atoms with Crippen LogP contribution in [0.5, 0.6) is 0 Å². The van der Waals surface area contributed by atoms with Crippen molar-refractivity contribution in [2.75, 3.05) is 13.2 Å². The van der Waals surface area contributed by atoms with Crippen LogP contribution in [0.2, 0.25) is 0 Å². The van der Waals surface area contributed by atoms with Gasteiger partial charge in [-0.1, -0.05) is 22.0 Å². The molecule has 2 rings (SSSR count). The summed E-state index contributed by atoms with van der Waals surface area (Å²) in [6, 6.07) is 5.52. The molecule has 2 atom stereocenters. The Labute approximate surface area is 121 Å². The maximum atomic E-state index is 10.9. The van der Waals surface area contributed by atoms with Gasteiger partial charge in [0.05, 0.1) is 12.2 Å². The molecule has 0 bridgehead atoms. The van der Waals surface area contributed by atoms with E-state index in [0.29, 0.717) is 17.5 Å². The van der Waals surface area contributed by atoms with Crippen LogP contribution < -0.4 is 5.32 Å². The van der Waals surface area contributed by atoms with Gasteiger partial charge in [-0.05, 0) is 37.0 Å². The van der Waals surface area contributed by atoms with Gasteiger partial charge < -0.3 is 15.2 Å². The van der Waals surface area contributed by atoms with E-state index in [4.69, 9.17) is 9.84 Å². The number of nitrogens with one attached hydrogen (secondary N) is 1. The normalized spacial score (nSPS) is 20.4. The Bertz CT molecular complexity index is 458. The van der Waals surface area contributed by atoms with Crippen LogP contribution in [0.25, 0.3) is 0 Å². The molecule has 5 heteroatoms. The van der Waals surface area contributed by atoms with Gasteiger partial charge in [-0.25, -0.2) is 4.79 Å². The molecule has 0 saturated carbocycles. The largest absolute Gasteiger partial charge is 0.478 e. The molecule has 2 N–H and O–H groups in total. The third-order valence-corrected chi connectivity index (χ3v) is 4.32. The zero-order chi connectivity index (χ0) is 13.8. The lowest BCUT2D eigenvalue weighted by Gasteiger charge is -2.19. The van der Waals surface area contributed by atoms with Crippen LogP contribution in [0, 0.1) is 5.92 Å². The first kappa shape index (κ1) is 14.5. The highest BCUT2D eigenvalue weighted by Crippen LogP contribution is 2.20. The van der Waals surface area contributed by atoms with Crippen molar-refractivity contribution in [1.29, 1.82) is 0 Å². The topological polar surface area (TPSA) is 58.6 Å². The summed E-state index contributed by atoms with van der Waals surface area (Å²) in [6.07, 6.45) is 1.10. The number of hydrogen-bond acceptors (Lipinski definition) is 3. The van der Waals surface area contributed by atoms with Gasteiger partial charge in [0.25, 0.3) is 0 Å². The number of carboxylic acid groups (broad SMARTS) is 1. The number of hydrogen-bond donors (Lipinski definition) is 2. The average molecular weight is 328 g/mol. The van der Waals surface area contributed by atoms with E-state index in [1.165, 1.54) is 0 Å². The molecule has 19 heavy (non-hydrogen) atoms. The Balaban J connectivity index is 1.93. The van der Waals surface area contributed by atoms with Crippen LogP contribution in [0.3, 0.4) is 0 Å². The SMILES string of the molecule is CC(NCc1ccc(C(=O)O)cc1Br)C1CCOC1. The second-order valence-electron chi connectivity index (χ2n) is 4.90. The first-order valence-electron chi connectivity index (χ1n) is 6.41. The van der Waals surface area contributed by atoms with Gasteiger partial charge in [0.2, 0.25) is 0 Å². The van der Waals surface area contributed by atoms with Crippen molar-refractivity contribution in [3.8, 4) is 0 Å². The van der Waals surface area contributed by atoms with Crippen molar-refractivity contribution >= 4 is 21.9 Å². The van der Waals surface area contributed by atoms with Crippen molar-refractivity contribution in [3.63, 3.8) is 0 Å². The predicted octanol–water partition coefficient (Wildman–Crippen LogP) is 2.66. The molecule has 1 fully saturated rings. The molecule has 1 aliphatic rings. The Morgan fingerprint density at radius 1 is 1.63 bits per heavy atom. The minimum Gasteiger partial charge on any atom is -0.478 e. The first-order valence-corrected chi connectivity index (χ1v) is 7.20. The van der Waals surface area contributed by atoms with Crippen LogP contribution in [0.15, 0.2) is 22.7 Å². The lowest BCUT2D eigenvalue weighted by Crippen LogP contribution is -2.33. The summed E-state index contributed by atoms with van der Waals surface area (Å²) in [4.78, 5) is 10.9. The highest BCUT2D eigenvalue weighted by Gasteiger charge is 2.21. The van der Waals surface area contributed by atoms with E-state index in [0.717, 1.165) is 36.2 Å². The number of ether oxygens (including phenoxy) is 1. The lowest BCUT2D eigenvalue weighted by atomic mass is 10.0. The van der Waals surface area contributed by atoms with Crippen LogP contribution in [-0.2, 0) is 11.3 Å². The number of carboxylic acids is 1. The van der Waals surface area contributed by atoms with Crippen LogP contribution in [0.1, 0.15) is 29.3 Å². The molecule has 0 spiro atoms. The highest BCUT2D eigenvalue weighted by atomic mass is 79.9. The molecule has 104 valence electrons. The molecule has 0 aromatic heterocycles. The van der Waals surface area contributed by atoms with Gasteiger partial charge in [-0.3, -0.25) is 0 Å². The molecule has 1 aromatic rings. The maximum absolute atomic E-state index is 10.9. The summed E-state index contributed by atoms with van der Waals surface area (Å²) >= 11 is 3.42. The van der Waals surface area contributed by atoms with Crippen LogP contribution >= 0.6 is 15.9 Å². The maximum Gasteiger partial charge on any atom is 0.335 e. The summed E-state index contributed by atoms with van der Waals surface area (Å²) in [5, 5.41) is 12.4. The third kappa shape index (κ3) is 3.78. The average Bonchev–Trinajstić information content (AvgIpc) is 2.90. The Hall–Kier alpha value is -0.910. The fourth-order valence-corrected chi connectivity index (χ4v) is 2.73. The minimum atomic E-state index is -0.906. The summed E-state index contributed by atoms with van der Waals surface area (Å²) in [5.41, 5.74) is 1.36. The lowest BCUT2D eigenvalue weighted by molar-refractivity contribution is 0.0697. The minimum absolute atomic E-state index is 0.299. The zero-order valence-electron chi connectivity index (χ0n) is 10.9. The van der Waals surface area contributed by atoms with Gasteiger partial charge in [0.15, 0.2) is 0 Å². The number of benzene rings is 1. The Morgan fingerprint density at radius 3 is 3.00 bits per heavy atom. The van der Waals surface area contributed by atoms with Gasteiger partial charge in [-0.2, -0.15) is 0 Å². The smallest absolute Gasteiger partial charge is 0.335 e. The second-order valence-corrected chi connectivity index (χ2v) is 5.76. The van der Waals surface area contributed by atoms with Crippen LogP contribution in [-0.4, -0.2) is 30.3 Å². The van der Waals surface area contributed by atoms with E-state index < -0.39 is 5.97 Å². The summed E-state index contributed by atoms with van der Waals surface area (Å²) in [7, 11) is 0. The van der Waals surface area contributed by atoms with Crippen LogP contribution in [0.4, 0.5) is 0 Å². The summed E-state index contributed by atoms with van der Waals surface area (Å²) in [6.45, 7) is 4.57. The number of halogens is 1. The van der Waals surface area contributed by atoms with Crippen molar-refractivity contribution < 1.29 is 14.6 Å². The molecular weight excluding hydrogens is 310 g/mol. The molecule has 0 aliphatic carbocycles. The van der Waals surface area contributed by atoms with Gasteiger partial charge in [-0.15, -0.1) is 0 Å².